The molecular weight excluding hydrogens is 422 g/mol. The molecule has 30 heavy (non-hydrogen) atoms. The highest BCUT2D eigenvalue weighted by Crippen LogP contribution is 2.29. The molecule has 0 aliphatic rings. The Labute approximate surface area is 183 Å². The number of sulfonamides is 1. The molecule has 0 saturated heterocycles. The molecule has 0 bridgehead atoms. The average Bonchev–Trinajstić information content (AvgIpc) is 2.77. The van der Waals surface area contributed by atoms with E-state index >= 15 is 0 Å². The summed E-state index contributed by atoms with van der Waals surface area (Å²) in [4.78, 5) is 4.18. The van der Waals surface area contributed by atoms with Crippen LogP contribution in [-0.4, -0.2) is 33.6 Å². The Balaban J connectivity index is 0.00000320. The van der Waals surface area contributed by atoms with Crippen molar-refractivity contribution in [3.63, 3.8) is 0 Å². The molecule has 8 heteroatoms. The van der Waals surface area contributed by atoms with Gasteiger partial charge in [0.05, 0.1) is 17.7 Å². The van der Waals surface area contributed by atoms with Crippen LogP contribution >= 0.6 is 12.4 Å². The Morgan fingerprint density at radius 2 is 1.67 bits per heavy atom. The van der Waals surface area contributed by atoms with Crippen LogP contribution in [0.3, 0.4) is 0 Å². The normalized spacial score (nSPS) is 11.1. The quantitative estimate of drug-likeness (QED) is 0.569. The molecule has 2 aromatic carbocycles. The monoisotopic (exact) mass is 445 g/mol. The van der Waals surface area contributed by atoms with E-state index in [0.29, 0.717) is 11.4 Å². The van der Waals surface area contributed by atoms with E-state index in [0.717, 1.165) is 11.1 Å². The molecule has 6 nitrogen and oxygen atoms in total. The predicted octanol–water partition coefficient (Wildman–Crippen LogP) is 3.84. The first-order valence-electron chi connectivity index (χ1n) is 9.10. The van der Waals surface area contributed by atoms with E-state index < -0.39 is 10.0 Å². The maximum absolute atomic E-state index is 13.3. The molecule has 2 N–H and O–H groups in total. The van der Waals surface area contributed by atoms with Gasteiger partial charge in [-0.05, 0) is 53.6 Å². The van der Waals surface area contributed by atoms with Crippen molar-refractivity contribution >= 4 is 40.3 Å². The zero-order valence-corrected chi connectivity index (χ0v) is 18.1. The number of benzene rings is 2. The number of para-hydroxylation sites is 1. The average molecular weight is 446 g/mol. The predicted molar refractivity (Wildman–Crippen MR) is 123 cm³/mol. The third kappa shape index (κ3) is 5.38. The lowest BCUT2D eigenvalue weighted by molar-refractivity contribution is 0.414. The van der Waals surface area contributed by atoms with Crippen LogP contribution < -0.4 is 14.8 Å². The molecule has 0 unspecified atom stereocenters. The first-order chi connectivity index (χ1) is 14.1. The second-order valence-corrected chi connectivity index (χ2v) is 8.08. The highest BCUT2D eigenvalue weighted by Gasteiger charge is 2.25. The molecule has 0 radical (unpaired) electrons. The van der Waals surface area contributed by atoms with Gasteiger partial charge in [0, 0.05) is 25.5 Å². The number of hydrogen-bond donors (Lipinski definition) is 1. The second kappa shape index (κ2) is 10.8. The fourth-order valence-electron chi connectivity index (χ4n) is 2.88. The maximum Gasteiger partial charge on any atom is 0.264 e. The largest absolute Gasteiger partial charge is 0.497 e. The van der Waals surface area contributed by atoms with Gasteiger partial charge in [0.2, 0.25) is 0 Å². The van der Waals surface area contributed by atoms with E-state index in [1.807, 2.05) is 42.5 Å². The minimum absolute atomic E-state index is 0. The fourth-order valence-corrected chi connectivity index (χ4v) is 4.38. The third-order valence-corrected chi connectivity index (χ3v) is 6.17. The molecule has 158 valence electrons. The molecule has 0 spiro atoms. The molecule has 0 saturated carbocycles. The van der Waals surface area contributed by atoms with E-state index in [2.05, 4.69) is 4.98 Å². The van der Waals surface area contributed by atoms with Gasteiger partial charge in [-0.1, -0.05) is 30.4 Å². The van der Waals surface area contributed by atoms with Gasteiger partial charge in [-0.2, -0.15) is 0 Å². The van der Waals surface area contributed by atoms with Gasteiger partial charge in [0.15, 0.2) is 0 Å². The van der Waals surface area contributed by atoms with Crippen molar-refractivity contribution in [3.05, 3.63) is 84.2 Å². The number of aromatic nitrogens is 1. The number of ether oxygens (including phenoxy) is 1. The van der Waals surface area contributed by atoms with Gasteiger partial charge in [0.25, 0.3) is 10.0 Å². The molecule has 3 aromatic rings. The lowest BCUT2D eigenvalue weighted by Crippen LogP contribution is -2.35. The molecule has 3 rings (SSSR count). The summed E-state index contributed by atoms with van der Waals surface area (Å²) in [7, 11) is -2.26. The summed E-state index contributed by atoms with van der Waals surface area (Å²) in [6.07, 6.45) is 7.22. The van der Waals surface area contributed by atoms with Crippen LogP contribution in [0, 0.1) is 0 Å². The SMILES string of the molecule is COc1ccc(S(=O)(=O)N(CCN)c2ccccc2/C=C/c2ccncc2)cc1.Cl. The molecule has 1 aromatic heterocycles. The van der Waals surface area contributed by atoms with Crippen LogP contribution in [0.5, 0.6) is 5.75 Å². The Kier molecular flexibility index (Phi) is 8.41. The van der Waals surface area contributed by atoms with Crippen LogP contribution in [0.2, 0.25) is 0 Å². The number of nitrogens with two attached hydrogens (primary N) is 1. The van der Waals surface area contributed by atoms with Gasteiger partial charge in [-0.3, -0.25) is 9.29 Å². The van der Waals surface area contributed by atoms with Crippen molar-refractivity contribution in [2.45, 2.75) is 4.90 Å². The van der Waals surface area contributed by atoms with Crippen LogP contribution in [0.25, 0.3) is 12.2 Å². The van der Waals surface area contributed by atoms with Crippen molar-refractivity contribution in [3.8, 4) is 5.75 Å². The molecule has 0 fully saturated rings. The van der Waals surface area contributed by atoms with E-state index in [1.54, 1.807) is 30.6 Å². The molecule has 1 heterocycles. The lowest BCUT2D eigenvalue weighted by atomic mass is 10.1. The van der Waals surface area contributed by atoms with E-state index in [4.69, 9.17) is 10.5 Å². The first kappa shape index (κ1) is 23.4. The number of methoxy groups -OCH3 is 1. The third-order valence-electron chi connectivity index (χ3n) is 4.35. The summed E-state index contributed by atoms with van der Waals surface area (Å²) < 4.78 is 33.2. The van der Waals surface area contributed by atoms with Crippen molar-refractivity contribution in [1.82, 2.24) is 4.98 Å². The lowest BCUT2D eigenvalue weighted by Gasteiger charge is -2.25. The number of hydrogen-bond acceptors (Lipinski definition) is 5. The number of pyridine rings is 1. The van der Waals surface area contributed by atoms with Gasteiger partial charge in [-0.15, -0.1) is 12.4 Å². The minimum atomic E-state index is -3.79. The highest BCUT2D eigenvalue weighted by molar-refractivity contribution is 7.92. The Morgan fingerprint density at radius 3 is 2.30 bits per heavy atom. The number of nitrogens with zero attached hydrogens (tertiary/aromatic N) is 2. The molecular formula is C22H24ClN3O3S. The Hall–Kier alpha value is -2.87. The van der Waals surface area contributed by atoms with Gasteiger partial charge in [-0.25, -0.2) is 8.42 Å². The van der Waals surface area contributed by atoms with Crippen molar-refractivity contribution in [1.29, 1.82) is 0 Å². The van der Waals surface area contributed by atoms with Crippen LogP contribution in [0.4, 0.5) is 5.69 Å². The Morgan fingerprint density at radius 1 is 1.00 bits per heavy atom. The Bertz CT molecular complexity index is 1070. The smallest absolute Gasteiger partial charge is 0.264 e. The molecule has 0 aliphatic carbocycles. The van der Waals surface area contributed by atoms with Crippen LogP contribution in [0.1, 0.15) is 11.1 Å². The van der Waals surface area contributed by atoms with E-state index in [9.17, 15) is 8.42 Å². The van der Waals surface area contributed by atoms with Crippen molar-refractivity contribution in [2.24, 2.45) is 5.73 Å². The van der Waals surface area contributed by atoms with Gasteiger partial charge in [0.1, 0.15) is 5.75 Å². The molecule has 0 aliphatic heterocycles. The summed E-state index contributed by atoms with van der Waals surface area (Å²) >= 11 is 0. The number of rotatable bonds is 8. The highest BCUT2D eigenvalue weighted by atomic mass is 35.5. The van der Waals surface area contributed by atoms with Gasteiger partial charge < -0.3 is 10.5 Å². The molecule has 0 atom stereocenters. The molecule has 0 amide bonds. The number of anilines is 1. The topological polar surface area (TPSA) is 85.5 Å². The summed E-state index contributed by atoms with van der Waals surface area (Å²) in [6.45, 7) is 0.353. The van der Waals surface area contributed by atoms with Crippen molar-refractivity contribution in [2.75, 3.05) is 24.5 Å². The zero-order chi connectivity index (χ0) is 20.7. The van der Waals surface area contributed by atoms with E-state index in [-0.39, 0.29) is 30.4 Å². The van der Waals surface area contributed by atoms with E-state index in [1.165, 1.54) is 23.5 Å². The summed E-state index contributed by atoms with van der Waals surface area (Å²) in [5, 5.41) is 0. The van der Waals surface area contributed by atoms with Crippen molar-refractivity contribution < 1.29 is 13.2 Å². The first-order valence-corrected chi connectivity index (χ1v) is 10.5. The maximum atomic E-state index is 13.3. The zero-order valence-electron chi connectivity index (χ0n) is 16.5. The second-order valence-electron chi connectivity index (χ2n) is 6.21. The standard InChI is InChI=1S/C22H23N3O3S.ClH/c1-28-20-8-10-21(11-9-20)29(26,27)25(17-14-23)22-5-3-2-4-19(22)7-6-18-12-15-24-16-13-18;/h2-13,15-16H,14,17,23H2,1H3;1H/b7-6+;. The van der Waals surface area contributed by atoms with Gasteiger partial charge >= 0.3 is 0 Å². The summed E-state index contributed by atoms with van der Waals surface area (Å²) in [5.41, 5.74) is 8.06. The number of halogens is 1. The summed E-state index contributed by atoms with van der Waals surface area (Å²) in [5.74, 6) is 0.593. The minimum Gasteiger partial charge on any atom is -0.497 e. The summed E-state index contributed by atoms with van der Waals surface area (Å²) in [6, 6.07) is 17.4. The van der Waals surface area contributed by atoms with Crippen LogP contribution in [-0.2, 0) is 10.0 Å². The van der Waals surface area contributed by atoms with Crippen LogP contribution in [0.15, 0.2) is 78.0 Å². The fraction of sp³-hybridized carbons (Fsp3) is 0.136.